The van der Waals surface area contributed by atoms with Crippen LogP contribution in [0.3, 0.4) is 0 Å². The minimum atomic E-state index is -0.115. The molecule has 118 valence electrons. The van der Waals surface area contributed by atoms with Gasteiger partial charge in [0.25, 0.3) is 5.56 Å². The predicted molar refractivity (Wildman–Crippen MR) is 87.7 cm³/mol. The van der Waals surface area contributed by atoms with Gasteiger partial charge < -0.3 is 4.98 Å². The van der Waals surface area contributed by atoms with Crippen LogP contribution in [0, 0.1) is 12.8 Å². The van der Waals surface area contributed by atoms with E-state index in [1.165, 1.54) is 25.7 Å². The summed E-state index contributed by atoms with van der Waals surface area (Å²) in [6, 6.07) is 1.93. The molecule has 3 heterocycles. The van der Waals surface area contributed by atoms with Crippen molar-refractivity contribution in [2.75, 3.05) is 0 Å². The van der Waals surface area contributed by atoms with Crippen molar-refractivity contribution in [1.29, 1.82) is 0 Å². The fourth-order valence-corrected chi connectivity index (χ4v) is 3.40. The van der Waals surface area contributed by atoms with Crippen molar-refractivity contribution in [2.45, 2.75) is 39.0 Å². The molecular weight excluding hydrogens is 290 g/mol. The SMILES string of the molecule is Cc1ccncc1-n1ncc2c(=O)[nH]c(CC3CCCC3)nc21. The number of H-pyrrole nitrogens is 1. The van der Waals surface area contributed by atoms with Crippen molar-refractivity contribution < 1.29 is 0 Å². The normalized spacial score (nSPS) is 15.5. The first-order valence-corrected chi connectivity index (χ1v) is 8.10. The second-order valence-corrected chi connectivity index (χ2v) is 6.32. The van der Waals surface area contributed by atoms with Crippen LogP contribution in [0.15, 0.2) is 29.5 Å². The zero-order valence-corrected chi connectivity index (χ0v) is 13.1. The average Bonchev–Trinajstić information content (AvgIpc) is 3.18. The van der Waals surface area contributed by atoms with Gasteiger partial charge in [0.1, 0.15) is 11.2 Å². The number of hydrogen-bond donors (Lipinski definition) is 1. The molecular formula is C17H19N5O. The number of aryl methyl sites for hydroxylation is 1. The van der Waals surface area contributed by atoms with Gasteiger partial charge in [-0.25, -0.2) is 9.67 Å². The largest absolute Gasteiger partial charge is 0.310 e. The first-order valence-electron chi connectivity index (χ1n) is 8.10. The molecule has 0 unspecified atom stereocenters. The standard InChI is InChI=1S/C17H19N5O/c1-11-6-7-18-10-14(11)22-16-13(9-19-22)17(23)21-15(20-16)8-12-4-2-3-5-12/h6-7,9-10,12H,2-5,8H2,1H3,(H,20,21,23). The molecule has 1 saturated carbocycles. The third kappa shape index (κ3) is 2.54. The van der Waals surface area contributed by atoms with Gasteiger partial charge in [0.2, 0.25) is 0 Å². The smallest absolute Gasteiger partial charge is 0.262 e. The number of rotatable bonds is 3. The highest BCUT2D eigenvalue weighted by Crippen LogP contribution is 2.27. The van der Waals surface area contributed by atoms with E-state index in [2.05, 4.69) is 15.1 Å². The second kappa shape index (κ2) is 5.61. The van der Waals surface area contributed by atoms with Crippen molar-refractivity contribution in [3.05, 3.63) is 46.4 Å². The zero-order chi connectivity index (χ0) is 15.8. The summed E-state index contributed by atoms with van der Waals surface area (Å²) < 4.78 is 1.71. The van der Waals surface area contributed by atoms with Crippen LogP contribution >= 0.6 is 0 Å². The molecule has 3 aromatic rings. The lowest BCUT2D eigenvalue weighted by Gasteiger charge is -2.09. The Labute approximate surface area is 133 Å². The van der Waals surface area contributed by atoms with Crippen molar-refractivity contribution >= 4 is 11.0 Å². The molecule has 0 saturated heterocycles. The molecule has 6 heteroatoms. The first kappa shape index (κ1) is 14.1. The Balaban J connectivity index is 1.82. The van der Waals surface area contributed by atoms with Gasteiger partial charge in [-0.15, -0.1) is 0 Å². The lowest BCUT2D eigenvalue weighted by molar-refractivity contribution is 0.530. The van der Waals surface area contributed by atoms with E-state index in [1.807, 2.05) is 13.0 Å². The molecule has 1 aliphatic carbocycles. The number of aromatic amines is 1. The van der Waals surface area contributed by atoms with Gasteiger partial charge in [-0.2, -0.15) is 5.10 Å². The molecule has 0 spiro atoms. The molecule has 1 N–H and O–H groups in total. The minimum Gasteiger partial charge on any atom is -0.310 e. The van der Waals surface area contributed by atoms with E-state index in [-0.39, 0.29) is 5.56 Å². The molecule has 0 bridgehead atoms. The molecule has 0 atom stereocenters. The molecule has 0 radical (unpaired) electrons. The monoisotopic (exact) mass is 309 g/mol. The van der Waals surface area contributed by atoms with Crippen molar-refractivity contribution in [1.82, 2.24) is 24.7 Å². The Hall–Kier alpha value is -2.50. The Morgan fingerprint density at radius 1 is 1.30 bits per heavy atom. The summed E-state index contributed by atoms with van der Waals surface area (Å²) in [6.07, 6.45) is 10.9. The summed E-state index contributed by atoms with van der Waals surface area (Å²) in [5.74, 6) is 1.39. The quantitative estimate of drug-likeness (QED) is 0.806. The number of pyridine rings is 1. The number of nitrogens with zero attached hydrogens (tertiary/aromatic N) is 4. The zero-order valence-electron chi connectivity index (χ0n) is 13.1. The van der Waals surface area contributed by atoms with Crippen LogP contribution in [0.25, 0.3) is 16.7 Å². The van der Waals surface area contributed by atoms with Gasteiger partial charge in [-0.05, 0) is 24.5 Å². The van der Waals surface area contributed by atoms with Crippen LogP contribution in [0.5, 0.6) is 0 Å². The van der Waals surface area contributed by atoms with Crippen LogP contribution in [0.2, 0.25) is 0 Å². The maximum absolute atomic E-state index is 12.3. The van der Waals surface area contributed by atoms with E-state index in [1.54, 1.807) is 23.3 Å². The van der Waals surface area contributed by atoms with Gasteiger partial charge in [-0.3, -0.25) is 9.78 Å². The molecule has 0 amide bonds. The molecule has 4 rings (SSSR count). The third-order valence-electron chi connectivity index (χ3n) is 4.68. The van der Waals surface area contributed by atoms with Gasteiger partial charge in [0.05, 0.1) is 18.1 Å². The second-order valence-electron chi connectivity index (χ2n) is 6.32. The summed E-state index contributed by atoms with van der Waals surface area (Å²) in [6.45, 7) is 2.00. The van der Waals surface area contributed by atoms with Crippen LogP contribution < -0.4 is 5.56 Å². The Morgan fingerprint density at radius 2 is 2.13 bits per heavy atom. The number of fused-ring (bicyclic) bond motifs is 1. The Kier molecular flexibility index (Phi) is 3.44. The van der Waals surface area contributed by atoms with E-state index in [9.17, 15) is 4.79 Å². The van der Waals surface area contributed by atoms with Crippen molar-refractivity contribution in [2.24, 2.45) is 5.92 Å². The number of nitrogens with one attached hydrogen (secondary N) is 1. The van der Waals surface area contributed by atoms with E-state index >= 15 is 0 Å². The number of hydrogen-bond acceptors (Lipinski definition) is 4. The highest BCUT2D eigenvalue weighted by Gasteiger charge is 2.18. The summed E-state index contributed by atoms with van der Waals surface area (Å²) in [7, 11) is 0. The molecule has 6 nitrogen and oxygen atoms in total. The first-order chi connectivity index (χ1) is 11.2. The Morgan fingerprint density at radius 3 is 2.91 bits per heavy atom. The van der Waals surface area contributed by atoms with E-state index in [0.717, 1.165) is 23.5 Å². The van der Waals surface area contributed by atoms with E-state index in [4.69, 9.17) is 4.98 Å². The summed E-state index contributed by atoms with van der Waals surface area (Å²) in [5.41, 5.74) is 2.39. The fraction of sp³-hybridized carbons (Fsp3) is 0.412. The molecule has 0 aliphatic heterocycles. The summed E-state index contributed by atoms with van der Waals surface area (Å²) >= 11 is 0. The molecule has 23 heavy (non-hydrogen) atoms. The lowest BCUT2D eigenvalue weighted by Crippen LogP contribution is -2.15. The number of aromatic nitrogens is 5. The maximum atomic E-state index is 12.3. The third-order valence-corrected chi connectivity index (χ3v) is 4.68. The van der Waals surface area contributed by atoms with Crippen LogP contribution in [0.4, 0.5) is 0 Å². The fourth-order valence-electron chi connectivity index (χ4n) is 3.40. The molecule has 0 aromatic carbocycles. The highest BCUT2D eigenvalue weighted by atomic mass is 16.1. The van der Waals surface area contributed by atoms with Gasteiger partial charge in [0, 0.05) is 12.6 Å². The highest BCUT2D eigenvalue weighted by molar-refractivity contribution is 5.75. The van der Waals surface area contributed by atoms with Gasteiger partial charge in [-0.1, -0.05) is 25.7 Å². The van der Waals surface area contributed by atoms with Gasteiger partial charge >= 0.3 is 0 Å². The van der Waals surface area contributed by atoms with Crippen molar-refractivity contribution in [3.63, 3.8) is 0 Å². The van der Waals surface area contributed by atoms with Crippen molar-refractivity contribution in [3.8, 4) is 5.69 Å². The summed E-state index contributed by atoms with van der Waals surface area (Å²) in [5, 5.41) is 4.87. The van der Waals surface area contributed by atoms with Crippen LogP contribution in [0.1, 0.15) is 37.1 Å². The summed E-state index contributed by atoms with van der Waals surface area (Å²) in [4.78, 5) is 24.1. The predicted octanol–water partition coefficient (Wildman–Crippen LogP) is 2.54. The van der Waals surface area contributed by atoms with E-state index < -0.39 is 0 Å². The topological polar surface area (TPSA) is 76.5 Å². The van der Waals surface area contributed by atoms with E-state index in [0.29, 0.717) is 17.0 Å². The Bertz CT molecular complexity index is 905. The molecule has 1 fully saturated rings. The van der Waals surface area contributed by atoms with Crippen LogP contribution in [-0.2, 0) is 6.42 Å². The molecule has 1 aliphatic rings. The lowest BCUT2D eigenvalue weighted by atomic mass is 10.0. The minimum absolute atomic E-state index is 0.115. The van der Waals surface area contributed by atoms with Gasteiger partial charge in [0.15, 0.2) is 5.65 Å². The average molecular weight is 309 g/mol. The molecule has 3 aromatic heterocycles. The van der Waals surface area contributed by atoms with Crippen LogP contribution in [-0.4, -0.2) is 24.7 Å². The maximum Gasteiger partial charge on any atom is 0.262 e.